The maximum absolute atomic E-state index is 12.1. The summed E-state index contributed by atoms with van der Waals surface area (Å²) in [6.45, 7) is 7.25. The normalized spacial score (nSPS) is 12.9. The first-order chi connectivity index (χ1) is 10.3. The highest BCUT2D eigenvalue weighted by Gasteiger charge is 2.21. The third kappa shape index (κ3) is 4.20. The molecular formula is C14H19N5O2S. The number of nitrogens with zero attached hydrogens (tertiary/aromatic N) is 3. The van der Waals surface area contributed by atoms with E-state index in [1.165, 1.54) is 11.8 Å². The lowest BCUT2D eigenvalue weighted by Crippen LogP contribution is -2.49. The second-order valence-corrected chi connectivity index (χ2v) is 7.17. The number of hydrogen-bond acceptors (Lipinski definition) is 5. The van der Waals surface area contributed by atoms with E-state index < -0.39 is 16.8 Å². The van der Waals surface area contributed by atoms with E-state index in [2.05, 4.69) is 20.8 Å². The third-order valence-electron chi connectivity index (χ3n) is 2.66. The summed E-state index contributed by atoms with van der Waals surface area (Å²) in [5.41, 5.74) is 0.312. The molecule has 8 heteroatoms. The summed E-state index contributed by atoms with van der Waals surface area (Å²) >= 11 is 1.25. The molecule has 0 fully saturated rings. The Morgan fingerprint density at radius 2 is 2.00 bits per heavy atom. The molecule has 2 heterocycles. The average molecular weight is 321 g/mol. The van der Waals surface area contributed by atoms with Crippen molar-refractivity contribution in [3.05, 3.63) is 24.4 Å². The maximum atomic E-state index is 12.1. The molecule has 2 rings (SSSR count). The van der Waals surface area contributed by atoms with Crippen LogP contribution in [0.1, 0.15) is 27.7 Å². The van der Waals surface area contributed by atoms with Crippen molar-refractivity contribution < 1.29 is 9.59 Å². The highest BCUT2D eigenvalue weighted by atomic mass is 32.2. The van der Waals surface area contributed by atoms with E-state index in [-0.39, 0.29) is 5.91 Å². The molecule has 0 unspecified atom stereocenters. The molecular weight excluding hydrogens is 302 g/mol. The summed E-state index contributed by atoms with van der Waals surface area (Å²) in [6.07, 6.45) is 1.83. The summed E-state index contributed by atoms with van der Waals surface area (Å²) in [4.78, 5) is 23.8. The molecule has 118 valence electrons. The van der Waals surface area contributed by atoms with Gasteiger partial charge in [-0.05, 0) is 39.8 Å². The van der Waals surface area contributed by atoms with E-state index in [0.717, 1.165) is 0 Å². The minimum atomic E-state index is -0.504. The number of carbonyl (C=O) groups excluding carboxylic acids is 2. The first-order valence-electron chi connectivity index (χ1n) is 6.86. The van der Waals surface area contributed by atoms with Gasteiger partial charge in [-0.3, -0.25) is 14.5 Å². The van der Waals surface area contributed by atoms with Gasteiger partial charge in [0.2, 0.25) is 5.91 Å². The van der Waals surface area contributed by atoms with Crippen molar-refractivity contribution in [2.24, 2.45) is 0 Å². The third-order valence-corrected chi connectivity index (χ3v) is 3.72. The molecule has 2 aromatic rings. The van der Waals surface area contributed by atoms with Crippen LogP contribution in [-0.4, -0.2) is 37.3 Å². The molecule has 2 N–H and O–H groups in total. The van der Waals surface area contributed by atoms with Crippen molar-refractivity contribution in [2.45, 2.75) is 43.6 Å². The van der Waals surface area contributed by atoms with Gasteiger partial charge >= 0.3 is 6.03 Å². The molecule has 0 saturated heterocycles. The predicted octanol–water partition coefficient (Wildman–Crippen LogP) is 1.83. The zero-order valence-corrected chi connectivity index (χ0v) is 13.8. The molecule has 0 radical (unpaired) electrons. The summed E-state index contributed by atoms with van der Waals surface area (Å²) in [6, 6.07) is 5.06. The van der Waals surface area contributed by atoms with Crippen LogP contribution in [0, 0.1) is 0 Å². The van der Waals surface area contributed by atoms with E-state index in [1.54, 1.807) is 11.3 Å². The highest BCUT2D eigenvalue weighted by Crippen LogP contribution is 2.21. The lowest BCUT2D eigenvalue weighted by Gasteiger charge is -2.21. The Labute approximate surface area is 132 Å². The molecule has 0 bridgehead atoms. The molecule has 0 aliphatic heterocycles. The SMILES string of the molecule is C[C@H](Sc1nnc2ccccn12)C(=O)NC(=O)NC(C)(C)C. The highest BCUT2D eigenvalue weighted by molar-refractivity contribution is 8.00. The van der Waals surface area contributed by atoms with Crippen molar-refractivity contribution in [1.29, 1.82) is 0 Å². The summed E-state index contributed by atoms with van der Waals surface area (Å²) in [5.74, 6) is -0.376. The topological polar surface area (TPSA) is 88.4 Å². The summed E-state index contributed by atoms with van der Waals surface area (Å²) in [7, 11) is 0. The summed E-state index contributed by atoms with van der Waals surface area (Å²) < 4.78 is 1.80. The number of thioether (sulfide) groups is 1. The molecule has 0 spiro atoms. The van der Waals surface area contributed by atoms with Crippen LogP contribution in [0.25, 0.3) is 5.65 Å². The number of urea groups is 1. The number of fused-ring (bicyclic) bond motifs is 1. The van der Waals surface area contributed by atoms with Gasteiger partial charge in [-0.25, -0.2) is 4.79 Å². The van der Waals surface area contributed by atoms with E-state index in [4.69, 9.17) is 0 Å². The van der Waals surface area contributed by atoms with Gasteiger partial charge in [0.25, 0.3) is 0 Å². The number of nitrogens with one attached hydrogen (secondary N) is 2. The Bertz CT molecular complexity index is 692. The summed E-state index contributed by atoms with van der Waals surface area (Å²) in [5, 5.41) is 13.2. The minimum absolute atomic E-state index is 0.376. The van der Waals surface area contributed by atoms with Crippen LogP contribution in [0.5, 0.6) is 0 Å². The molecule has 0 aromatic carbocycles. The van der Waals surface area contributed by atoms with Gasteiger partial charge in [0.05, 0.1) is 5.25 Å². The van der Waals surface area contributed by atoms with Gasteiger partial charge in [0.1, 0.15) is 0 Å². The molecule has 0 aliphatic rings. The van der Waals surface area contributed by atoms with Gasteiger partial charge in [-0.15, -0.1) is 10.2 Å². The fourth-order valence-electron chi connectivity index (χ4n) is 1.70. The number of aromatic nitrogens is 3. The van der Waals surface area contributed by atoms with Gasteiger partial charge < -0.3 is 5.32 Å². The van der Waals surface area contributed by atoms with Crippen LogP contribution >= 0.6 is 11.8 Å². The number of rotatable bonds is 3. The molecule has 1 atom stereocenters. The first-order valence-corrected chi connectivity index (χ1v) is 7.74. The molecule has 2 aromatic heterocycles. The van der Waals surface area contributed by atoms with Crippen LogP contribution in [-0.2, 0) is 4.79 Å². The Kier molecular flexibility index (Phi) is 4.70. The van der Waals surface area contributed by atoms with Crippen molar-refractivity contribution in [2.75, 3.05) is 0 Å². The zero-order valence-electron chi connectivity index (χ0n) is 13.0. The molecule has 0 saturated carbocycles. The fourth-order valence-corrected chi connectivity index (χ4v) is 2.53. The van der Waals surface area contributed by atoms with Gasteiger partial charge in [0.15, 0.2) is 10.8 Å². The van der Waals surface area contributed by atoms with Crippen LogP contribution in [0.4, 0.5) is 4.79 Å². The van der Waals surface area contributed by atoms with E-state index in [1.807, 2.05) is 45.2 Å². The first kappa shape index (κ1) is 16.3. The number of hydrogen-bond donors (Lipinski definition) is 2. The molecule has 3 amide bonds. The van der Waals surface area contributed by atoms with Crippen LogP contribution < -0.4 is 10.6 Å². The Hall–Kier alpha value is -2.09. The van der Waals surface area contributed by atoms with E-state index in [9.17, 15) is 9.59 Å². The number of amides is 3. The van der Waals surface area contributed by atoms with Crippen molar-refractivity contribution >= 4 is 29.3 Å². The van der Waals surface area contributed by atoms with Crippen LogP contribution in [0.3, 0.4) is 0 Å². The standard InChI is InChI=1S/C14H19N5O2S/c1-9(11(20)15-12(21)16-14(2,3)4)22-13-18-17-10-7-5-6-8-19(10)13/h5-9H,1-4H3,(H2,15,16,20,21)/t9-/m0/s1. The fraction of sp³-hybridized carbons (Fsp3) is 0.429. The van der Waals surface area contributed by atoms with E-state index in [0.29, 0.717) is 10.8 Å². The molecule has 7 nitrogen and oxygen atoms in total. The lowest BCUT2D eigenvalue weighted by molar-refractivity contribution is -0.119. The lowest BCUT2D eigenvalue weighted by atomic mass is 10.1. The van der Waals surface area contributed by atoms with Crippen LogP contribution in [0.15, 0.2) is 29.6 Å². The minimum Gasteiger partial charge on any atom is -0.333 e. The Balaban J connectivity index is 1.98. The zero-order chi connectivity index (χ0) is 16.3. The van der Waals surface area contributed by atoms with E-state index >= 15 is 0 Å². The smallest absolute Gasteiger partial charge is 0.321 e. The van der Waals surface area contributed by atoms with Crippen molar-refractivity contribution in [1.82, 2.24) is 25.2 Å². The number of pyridine rings is 1. The quantitative estimate of drug-likeness (QED) is 0.842. The Morgan fingerprint density at radius 3 is 2.68 bits per heavy atom. The number of imide groups is 1. The predicted molar refractivity (Wildman–Crippen MR) is 84.7 cm³/mol. The monoisotopic (exact) mass is 321 g/mol. The second-order valence-electron chi connectivity index (χ2n) is 5.86. The van der Waals surface area contributed by atoms with Crippen LogP contribution in [0.2, 0.25) is 0 Å². The van der Waals surface area contributed by atoms with Crippen molar-refractivity contribution in [3.8, 4) is 0 Å². The number of carbonyl (C=O) groups is 2. The van der Waals surface area contributed by atoms with Gasteiger partial charge in [-0.2, -0.15) is 0 Å². The molecule has 22 heavy (non-hydrogen) atoms. The largest absolute Gasteiger partial charge is 0.333 e. The van der Waals surface area contributed by atoms with Gasteiger partial charge in [0, 0.05) is 11.7 Å². The second kappa shape index (κ2) is 6.35. The molecule has 0 aliphatic carbocycles. The Morgan fingerprint density at radius 1 is 1.27 bits per heavy atom. The maximum Gasteiger partial charge on any atom is 0.321 e. The van der Waals surface area contributed by atoms with Crippen molar-refractivity contribution in [3.63, 3.8) is 0 Å². The van der Waals surface area contributed by atoms with Gasteiger partial charge in [-0.1, -0.05) is 17.8 Å². The average Bonchev–Trinajstić information content (AvgIpc) is 2.80.